The molecule has 0 saturated heterocycles. The molecule has 0 amide bonds. The zero-order valence-corrected chi connectivity index (χ0v) is 7.38. The predicted molar refractivity (Wildman–Crippen MR) is 47.9 cm³/mol. The fraction of sp³-hybridized carbons (Fsp3) is 1.00. The van der Waals surface area contributed by atoms with Gasteiger partial charge in [0.2, 0.25) is 0 Å². The Balaban J connectivity index is 4.26. The van der Waals surface area contributed by atoms with E-state index in [0.29, 0.717) is 13.0 Å². The van der Waals surface area contributed by atoms with Crippen molar-refractivity contribution in [2.24, 2.45) is 22.9 Å². The molecule has 4 nitrogen and oxygen atoms in total. The number of nitrogens with two attached hydrogens (primary N) is 4. The minimum atomic E-state index is -0.519. The van der Waals surface area contributed by atoms with E-state index in [9.17, 15) is 0 Å². The highest BCUT2D eigenvalue weighted by atomic mass is 14.9. The summed E-state index contributed by atoms with van der Waals surface area (Å²) in [5, 5.41) is 0. The smallest absolute Gasteiger partial charge is 0.0467 e. The molecular weight excluding hydrogens is 140 g/mol. The molecule has 0 bridgehead atoms. The van der Waals surface area contributed by atoms with E-state index in [4.69, 9.17) is 22.9 Å². The first-order chi connectivity index (χ1) is 4.95. The van der Waals surface area contributed by atoms with Crippen molar-refractivity contribution >= 4 is 0 Å². The first-order valence-corrected chi connectivity index (χ1v) is 3.95. The van der Waals surface area contributed by atoms with Crippen LogP contribution in [0.15, 0.2) is 0 Å². The zero-order chi connectivity index (χ0) is 9.07. The molecule has 0 saturated carbocycles. The van der Waals surface area contributed by atoms with Crippen molar-refractivity contribution in [1.82, 2.24) is 0 Å². The lowest BCUT2D eigenvalue weighted by molar-refractivity contribution is 0.290. The average molecular weight is 160 g/mol. The van der Waals surface area contributed by atoms with Crippen molar-refractivity contribution in [3.8, 4) is 0 Å². The van der Waals surface area contributed by atoms with Gasteiger partial charge in [-0.15, -0.1) is 0 Å². The number of rotatable bonds is 4. The van der Waals surface area contributed by atoms with Crippen molar-refractivity contribution < 1.29 is 0 Å². The summed E-state index contributed by atoms with van der Waals surface area (Å²) >= 11 is 0. The summed E-state index contributed by atoms with van der Waals surface area (Å²) in [7, 11) is 0. The topological polar surface area (TPSA) is 104 Å². The Morgan fingerprint density at radius 1 is 1.18 bits per heavy atom. The Hall–Kier alpha value is -0.160. The van der Waals surface area contributed by atoms with Crippen LogP contribution in [0, 0.1) is 0 Å². The molecule has 0 aromatic heterocycles. The second-order valence-electron chi connectivity index (χ2n) is 3.23. The van der Waals surface area contributed by atoms with Crippen molar-refractivity contribution in [1.29, 1.82) is 0 Å². The van der Waals surface area contributed by atoms with Gasteiger partial charge in [0.15, 0.2) is 0 Å². The number of hydrogen-bond acceptors (Lipinski definition) is 4. The zero-order valence-electron chi connectivity index (χ0n) is 7.38. The Kier molecular flexibility index (Phi) is 3.96. The summed E-state index contributed by atoms with van der Waals surface area (Å²) in [6.45, 7) is 4.25. The van der Waals surface area contributed by atoms with E-state index in [1.54, 1.807) is 0 Å². The van der Waals surface area contributed by atoms with Gasteiger partial charge in [0.1, 0.15) is 0 Å². The van der Waals surface area contributed by atoms with Crippen LogP contribution in [-0.4, -0.2) is 24.2 Å². The molecule has 0 heterocycles. The van der Waals surface area contributed by atoms with Gasteiger partial charge in [-0.25, -0.2) is 0 Å². The molecule has 2 atom stereocenters. The standard InChI is InChI=1S/C7H20N4/c1-5(9)7(11,3-4-8)6(2)10/h5-6H,3-4,8-11H2,1-2H3. The predicted octanol–water partition coefficient (Wildman–Crippen LogP) is -1.27. The van der Waals surface area contributed by atoms with E-state index in [0.717, 1.165) is 0 Å². The molecule has 0 spiro atoms. The van der Waals surface area contributed by atoms with E-state index >= 15 is 0 Å². The van der Waals surface area contributed by atoms with E-state index < -0.39 is 5.54 Å². The fourth-order valence-corrected chi connectivity index (χ4v) is 1.12. The third kappa shape index (κ3) is 2.41. The normalized spacial score (nSPS) is 22.4. The first kappa shape index (κ1) is 10.8. The Bertz CT molecular complexity index is 103. The lowest BCUT2D eigenvalue weighted by Crippen LogP contribution is -2.64. The highest BCUT2D eigenvalue weighted by Crippen LogP contribution is 2.13. The van der Waals surface area contributed by atoms with Crippen LogP contribution in [-0.2, 0) is 0 Å². The molecule has 0 radical (unpaired) electrons. The average Bonchev–Trinajstić information content (AvgIpc) is 1.87. The molecule has 0 fully saturated rings. The Morgan fingerprint density at radius 3 is 1.64 bits per heavy atom. The molecule has 0 rings (SSSR count). The van der Waals surface area contributed by atoms with Crippen molar-refractivity contribution in [2.45, 2.75) is 37.9 Å². The summed E-state index contributed by atoms with van der Waals surface area (Å²) in [5.74, 6) is 0. The first-order valence-electron chi connectivity index (χ1n) is 3.95. The lowest BCUT2D eigenvalue weighted by Gasteiger charge is -2.36. The molecule has 2 unspecified atom stereocenters. The van der Waals surface area contributed by atoms with Crippen LogP contribution < -0.4 is 22.9 Å². The summed E-state index contributed by atoms with van der Waals surface area (Å²) in [6, 6.07) is -0.239. The van der Waals surface area contributed by atoms with Crippen molar-refractivity contribution in [3.63, 3.8) is 0 Å². The molecule has 4 heteroatoms. The van der Waals surface area contributed by atoms with Gasteiger partial charge in [-0.05, 0) is 26.8 Å². The van der Waals surface area contributed by atoms with Crippen LogP contribution in [0.4, 0.5) is 0 Å². The molecule has 0 aromatic carbocycles. The molecular formula is C7H20N4. The minimum absolute atomic E-state index is 0.119. The third-order valence-electron chi connectivity index (χ3n) is 2.27. The number of hydrogen-bond donors (Lipinski definition) is 4. The maximum atomic E-state index is 5.96. The monoisotopic (exact) mass is 160 g/mol. The van der Waals surface area contributed by atoms with Crippen LogP contribution in [0.1, 0.15) is 20.3 Å². The van der Waals surface area contributed by atoms with Gasteiger partial charge in [0.25, 0.3) is 0 Å². The molecule has 68 valence electrons. The van der Waals surface area contributed by atoms with E-state index in [2.05, 4.69) is 0 Å². The lowest BCUT2D eigenvalue weighted by atomic mass is 9.83. The fourth-order valence-electron chi connectivity index (χ4n) is 1.12. The van der Waals surface area contributed by atoms with E-state index in [1.807, 2.05) is 13.8 Å². The maximum Gasteiger partial charge on any atom is 0.0467 e. The molecule has 0 aliphatic rings. The second kappa shape index (κ2) is 4.01. The van der Waals surface area contributed by atoms with Crippen molar-refractivity contribution in [3.05, 3.63) is 0 Å². The Morgan fingerprint density at radius 2 is 1.55 bits per heavy atom. The van der Waals surface area contributed by atoms with Crippen LogP contribution in [0.25, 0.3) is 0 Å². The second-order valence-corrected chi connectivity index (χ2v) is 3.23. The quantitative estimate of drug-likeness (QED) is 0.411. The largest absolute Gasteiger partial charge is 0.330 e. The molecule has 11 heavy (non-hydrogen) atoms. The van der Waals surface area contributed by atoms with E-state index in [-0.39, 0.29) is 12.1 Å². The highest BCUT2D eigenvalue weighted by Gasteiger charge is 2.32. The molecule has 0 aromatic rings. The Labute approximate surface area is 68.3 Å². The van der Waals surface area contributed by atoms with Gasteiger partial charge < -0.3 is 22.9 Å². The van der Waals surface area contributed by atoms with Gasteiger partial charge >= 0.3 is 0 Å². The highest BCUT2D eigenvalue weighted by molar-refractivity contribution is 4.98. The van der Waals surface area contributed by atoms with Gasteiger partial charge in [0, 0.05) is 17.6 Å². The van der Waals surface area contributed by atoms with Gasteiger partial charge in [-0.1, -0.05) is 0 Å². The molecule has 0 aliphatic heterocycles. The molecule has 0 aliphatic carbocycles. The van der Waals surface area contributed by atoms with Gasteiger partial charge in [0.05, 0.1) is 0 Å². The third-order valence-corrected chi connectivity index (χ3v) is 2.27. The minimum Gasteiger partial charge on any atom is -0.330 e. The van der Waals surface area contributed by atoms with Crippen LogP contribution >= 0.6 is 0 Å². The summed E-state index contributed by atoms with van der Waals surface area (Å²) in [5.41, 5.74) is 22.2. The maximum absolute atomic E-state index is 5.96. The van der Waals surface area contributed by atoms with Crippen LogP contribution in [0.5, 0.6) is 0 Å². The summed E-state index contributed by atoms with van der Waals surface area (Å²) in [6.07, 6.45) is 0.669. The van der Waals surface area contributed by atoms with Crippen LogP contribution in [0.3, 0.4) is 0 Å². The van der Waals surface area contributed by atoms with E-state index in [1.165, 1.54) is 0 Å². The summed E-state index contributed by atoms with van der Waals surface area (Å²) < 4.78 is 0. The van der Waals surface area contributed by atoms with Gasteiger partial charge in [-0.3, -0.25) is 0 Å². The molecule has 8 N–H and O–H groups in total. The van der Waals surface area contributed by atoms with Crippen LogP contribution in [0.2, 0.25) is 0 Å². The van der Waals surface area contributed by atoms with Crippen molar-refractivity contribution in [2.75, 3.05) is 6.54 Å². The summed E-state index contributed by atoms with van der Waals surface area (Å²) in [4.78, 5) is 0. The van der Waals surface area contributed by atoms with Gasteiger partial charge in [-0.2, -0.15) is 0 Å². The SMILES string of the molecule is CC(N)C(N)(CCN)C(C)N.